The Labute approximate surface area is 114 Å². The molecule has 0 unspecified atom stereocenters. The summed E-state index contributed by atoms with van der Waals surface area (Å²) >= 11 is 5.67. The summed E-state index contributed by atoms with van der Waals surface area (Å²) < 4.78 is 1.29. The number of allylic oxidation sites excluding steroid dienone is 2. The van der Waals surface area contributed by atoms with E-state index in [4.69, 9.17) is 11.6 Å². The van der Waals surface area contributed by atoms with Crippen LogP contribution in [0.1, 0.15) is 32.6 Å². The Morgan fingerprint density at radius 2 is 2.00 bits per heavy atom. The molecule has 0 fully saturated rings. The molecule has 0 saturated carbocycles. The summed E-state index contributed by atoms with van der Waals surface area (Å²) in [5, 5.41) is 0.715. The fourth-order valence-corrected chi connectivity index (χ4v) is 2.87. The summed E-state index contributed by atoms with van der Waals surface area (Å²) in [6.45, 7) is 2.18. The van der Waals surface area contributed by atoms with Crippen molar-refractivity contribution in [2.75, 3.05) is 0 Å². The number of rotatable bonds is 7. The summed E-state index contributed by atoms with van der Waals surface area (Å²) in [6, 6.07) is 7.50. The van der Waals surface area contributed by atoms with Gasteiger partial charge in [-0.15, -0.1) is 0 Å². The second kappa shape index (κ2) is 8.52. The minimum atomic E-state index is -0.119. The first-order valence-corrected chi connectivity index (χ1v) is 7.95. The molecule has 0 N–H and O–H groups in total. The van der Waals surface area contributed by atoms with Crippen LogP contribution in [0.5, 0.6) is 0 Å². The fourth-order valence-electron chi connectivity index (χ4n) is 1.34. The molecule has 0 heterocycles. The molecule has 92 valence electrons. The van der Waals surface area contributed by atoms with E-state index in [1.54, 1.807) is 6.08 Å². The van der Waals surface area contributed by atoms with E-state index in [1.165, 1.54) is 19.3 Å². The molecule has 0 aliphatic carbocycles. The molecule has 0 saturated heterocycles. The third-order valence-corrected chi connectivity index (χ3v) is 4.29. The minimum absolute atomic E-state index is 0.119. The molecule has 0 aliphatic heterocycles. The van der Waals surface area contributed by atoms with Crippen molar-refractivity contribution in [1.82, 2.24) is 0 Å². The van der Waals surface area contributed by atoms with Gasteiger partial charge in [-0.3, -0.25) is 0 Å². The number of halogens is 1. The van der Waals surface area contributed by atoms with Crippen molar-refractivity contribution in [3.8, 4) is 0 Å². The number of benzene rings is 1. The van der Waals surface area contributed by atoms with Gasteiger partial charge in [0.1, 0.15) is 0 Å². The van der Waals surface area contributed by atoms with E-state index in [0.29, 0.717) is 5.02 Å². The first kappa shape index (κ1) is 14.5. The fraction of sp³-hybridized carbons (Fsp3) is 0.357. The molecule has 0 aliphatic rings. The molecule has 1 aromatic rings. The molecule has 1 rings (SSSR count). The van der Waals surface area contributed by atoms with E-state index in [0.717, 1.165) is 10.9 Å². The quantitative estimate of drug-likeness (QED) is 0.428. The Morgan fingerprint density at radius 3 is 2.65 bits per heavy atom. The maximum absolute atomic E-state index is 11.6. The molecule has 0 atom stereocenters. The third-order valence-electron chi connectivity index (χ3n) is 2.26. The summed E-state index contributed by atoms with van der Waals surface area (Å²) in [6.07, 6.45) is 8.36. The maximum atomic E-state index is 11.6. The van der Waals surface area contributed by atoms with Crippen LogP contribution in [0.2, 0.25) is 5.02 Å². The van der Waals surface area contributed by atoms with Crippen LogP contribution in [0.3, 0.4) is 0 Å². The van der Waals surface area contributed by atoms with Gasteiger partial charge in [-0.2, -0.15) is 0 Å². The van der Waals surface area contributed by atoms with Gasteiger partial charge in [0.15, 0.2) is 0 Å². The van der Waals surface area contributed by atoms with E-state index < -0.39 is 0 Å². The Hall–Kier alpha value is -0.561. The van der Waals surface area contributed by atoms with E-state index in [9.17, 15) is 4.79 Å². The van der Waals surface area contributed by atoms with Crippen LogP contribution in [0.4, 0.5) is 0 Å². The van der Waals surface area contributed by atoms with Crippen molar-refractivity contribution < 1.29 is 4.79 Å². The van der Waals surface area contributed by atoms with E-state index in [2.05, 4.69) is 6.92 Å². The van der Waals surface area contributed by atoms with Gasteiger partial charge in [0.25, 0.3) is 0 Å². The van der Waals surface area contributed by atoms with E-state index >= 15 is 0 Å². The van der Waals surface area contributed by atoms with Crippen molar-refractivity contribution >= 4 is 35.7 Å². The number of carbonyl (C=O) groups excluding carboxylic acids is 1. The number of hydrogen-bond acceptors (Lipinski definition) is 1. The molecule has 0 spiro atoms. The SMILES string of the molecule is CCCCC/C=C/C(=O)[Se]c1ccc(Cl)cc1. The van der Waals surface area contributed by atoms with Crippen LogP contribution in [0, 0.1) is 0 Å². The topological polar surface area (TPSA) is 17.1 Å². The van der Waals surface area contributed by atoms with Crippen LogP contribution in [-0.2, 0) is 4.79 Å². The average Bonchev–Trinajstić information content (AvgIpc) is 2.32. The molecule has 3 heteroatoms. The standard InChI is InChI=1S/C14H17ClOSe/c1-2-3-4-5-6-7-14(16)17-13-10-8-12(15)9-11-13/h6-11H,2-5H2,1H3/b7-6+. The predicted molar refractivity (Wildman–Crippen MR) is 75.1 cm³/mol. The van der Waals surface area contributed by atoms with Crippen molar-refractivity contribution in [3.05, 3.63) is 41.4 Å². The van der Waals surface area contributed by atoms with Gasteiger partial charge in [-0.05, 0) is 0 Å². The molecule has 1 nitrogen and oxygen atoms in total. The molecule has 0 radical (unpaired) electrons. The second-order valence-electron chi connectivity index (χ2n) is 3.77. The van der Waals surface area contributed by atoms with Gasteiger partial charge in [0.05, 0.1) is 0 Å². The van der Waals surface area contributed by atoms with Gasteiger partial charge in [0, 0.05) is 0 Å². The number of hydrogen-bond donors (Lipinski definition) is 0. The van der Waals surface area contributed by atoms with Gasteiger partial charge >= 0.3 is 115 Å². The number of carbonyl (C=O) groups is 1. The molecular weight excluding hydrogens is 299 g/mol. The van der Waals surface area contributed by atoms with Crippen LogP contribution in [0.25, 0.3) is 0 Å². The zero-order valence-electron chi connectivity index (χ0n) is 9.99. The Balaban J connectivity index is 2.31. The summed E-state index contributed by atoms with van der Waals surface area (Å²) in [5.41, 5.74) is 0. The first-order chi connectivity index (χ1) is 8.22. The van der Waals surface area contributed by atoms with Crippen LogP contribution < -0.4 is 4.46 Å². The molecule has 0 bridgehead atoms. The van der Waals surface area contributed by atoms with Crippen molar-refractivity contribution in [2.45, 2.75) is 32.6 Å². The first-order valence-electron chi connectivity index (χ1n) is 5.86. The van der Waals surface area contributed by atoms with E-state index in [-0.39, 0.29) is 19.6 Å². The Bertz CT molecular complexity index is 370. The summed E-state index contributed by atoms with van der Waals surface area (Å²) in [7, 11) is 0. The normalized spacial score (nSPS) is 10.9. The van der Waals surface area contributed by atoms with Gasteiger partial charge in [0.2, 0.25) is 0 Å². The molecule has 0 amide bonds. The molecular formula is C14H17ClOSe. The van der Waals surface area contributed by atoms with E-state index in [1.807, 2.05) is 30.3 Å². The van der Waals surface area contributed by atoms with Gasteiger partial charge in [-0.1, -0.05) is 0 Å². The Kier molecular flexibility index (Phi) is 7.27. The van der Waals surface area contributed by atoms with Gasteiger partial charge in [-0.25, -0.2) is 0 Å². The Morgan fingerprint density at radius 1 is 1.29 bits per heavy atom. The summed E-state index contributed by atoms with van der Waals surface area (Å²) in [4.78, 5) is 11.6. The monoisotopic (exact) mass is 316 g/mol. The average molecular weight is 316 g/mol. The number of unbranched alkanes of at least 4 members (excludes halogenated alkanes) is 3. The van der Waals surface area contributed by atoms with Crippen LogP contribution in [-0.4, -0.2) is 19.6 Å². The van der Waals surface area contributed by atoms with Crippen LogP contribution >= 0.6 is 11.6 Å². The molecule has 0 aromatic heterocycles. The summed E-state index contributed by atoms with van der Waals surface area (Å²) in [5.74, 6) is 0. The van der Waals surface area contributed by atoms with Gasteiger partial charge < -0.3 is 0 Å². The third kappa shape index (κ3) is 6.68. The van der Waals surface area contributed by atoms with Crippen LogP contribution in [0.15, 0.2) is 36.4 Å². The molecule has 1 aromatic carbocycles. The van der Waals surface area contributed by atoms with Crippen molar-refractivity contribution in [2.24, 2.45) is 0 Å². The molecule has 17 heavy (non-hydrogen) atoms. The second-order valence-corrected chi connectivity index (χ2v) is 6.47. The van der Waals surface area contributed by atoms with Crippen molar-refractivity contribution in [1.29, 1.82) is 0 Å². The predicted octanol–water partition coefficient (Wildman–Crippen LogP) is 3.33. The zero-order chi connectivity index (χ0) is 12.5. The zero-order valence-corrected chi connectivity index (χ0v) is 12.5. The van der Waals surface area contributed by atoms with Crippen molar-refractivity contribution in [3.63, 3.8) is 0 Å².